The fraction of sp³-hybridized carbons (Fsp3) is 0.571. The van der Waals surface area contributed by atoms with E-state index in [0.29, 0.717) is 13.2 Å². The molecule has 96 valence electrons. The van der Waals surface area contributed by atoms with Gasteiger partial charge in [0.15, 0.2) is 0 Å². The fourth-order valence-corrected chi connectivity index (χ4v) is 1.78. The molecule has 3 heteroatoms. The molecule has 1 aromatic carbocycles. The minimum atomic E-state index is -0.425. The number of nitrogens with zero attached hydrogens (tertiary/aromatic N) is 1. The minimum Gasteiger partial charge on any atom is -0.494 e. The summed E-state index contributed by atoms with van der Waals surface area (Å²) in [7, 11) is 0. The lowest BCUT2D eigenvalue weighted by atomic mass is 10.1. The average molecular weight is 237 g/mol. The van der Waals surface area contributed by atoms with Gasteiger partial charge in [0, 0.05) is 6.54 Å². The van der Waals surface area contributed by atoms with Crippen LogP contribution in [-0.2, 0) is 0 Å². The SMILES string of the molecule is CCOc1ccc(C(O)CN(CC)CC)cc1. The van der Waals surface area contributed by atoms with Crippen LogP contribution in [-0.4, -0.2) is 36.2 Å². The van der Waals surface area contributed by atoms with E-state index in [1.807, 2.05) is 31.2 Å². The third-order valence-corrected chi connectivity index (χ3v) is 2.90. The van der Waals surface area contributed by atoms with Gasteiger partial charge in [0.05, 0.1) is 12.7 Å². The van der Waals surface area contributed by atoms with E-state index in [0.717, 1.165) is 24.4 Å². The topological polar surface area (TPSA) is 32.7 Å². The Morgan fingerprint density at radius 1 is 1.12 bits per heavy atom. The smallest absolute Gasteiger partial charge is 0.119 e. The van der Waals surface area contributed by atoms with Crippen LogP contribution in [0.3, 0.4) is 0 Å². The van der Waals surface area contributed by atoms with Gasteiger partial charge in [-0.05, 0) is 37.7 Å². The lowest BCUT2D eigenvalue weighted by Crippen LogP contribution is -2.28. The number of ether oxygens (including phenoxy) is 1. The van der Waals surface area contributed by atoms with Gasteiger partial charge < -0.3 is 14.7 Å². The van der Waals surface area contributed by atoms with E-state index in [2.05, 4.69) is 18.7 Å². The van der Waals surface area contributed by atoms with E-state index in [1.165, 1.54) is 0 Å². The first-order valence-electron chi connectivity index (χ1n) is 6.34. The fourth-order valence-electron chi connectivity index (χ4n) is 1.78. The summed E-state index contributed by atoms with van der Waals surface area (Å²) >= 11 is 0. The number of aliphatic hydroxyl groups is 1. The molecule has 0 saturated carbocycles. The Hall–Kier alpha value is -1.06. The van der Waals surface area contributed by atoms with E-state index < -0.39 is 6.10 Å². The number of rotatable bonds is 7. The van der Waals surface area contributed by atoms with Crippen molar-refractivity contribution in [3.63, 3.8) is 0 Å². The molecule has 0 saturated heterocycles. The predicted octanol–water partition coefficient (Wildman–Crippen LogP) is 2.46. The van der Waals surface area contributed by atoms with E-state index in [9.17, 15) is 5.11 Å². The highest BCUT2D eigenvalue weighted by Gasteiger charge is 2.11. The minimum absolute atomic E-state index is 0.425. The third-order valence-electron chi connectivity index (χ3n) is 2.90. The van der Waals surface area contributed by atoms with Gasteiger partial charge in [-0.3, -0.25) is 0 Å². The van der Waals surface area contributed by atoms with Gasteiger partial charge >= 0.3 is 0 Å². The van der Waals surface area contributed by atoms with Gasteiger partial charge in [-0.2, -0.15) is 0 Å². The number of likely N-dealkylation sites (N-methyl/N-ethyl adjacent to an activating group) is 1. The number of aliphatic hydroxyl groups excluding tert-OH is 1. The first-order chi connectivity index (χ1) is 8.21. The molecule has 0 aliphatic heterocycles. The molecule has 0 bridgehead atoms. The number of benzene rings is 1. The molecule has 0 aliphatic carbocycles. The van der Waals surface area contributed by atoms with E-state index >= 15 is 0 Å². The summed E-state index contributed by atoms with van der Waals surface area (Å²) in [4.78, 5) is 2.21. The van der Waals surface area contributed by atoms with Crippen LogP contribution in [0, 0.1) is 0 Å². The Balaban J connectivity index is 2.59. The molecule has 0 aromatic heterocycles. The quantitative estimate of drug-likeness (QED) is 0.790. The summed E-state index contributed by atoms with van der Waals surface area (Å²) in [6, 6.07) is 7.67. The van der Waals surface area contributed by atoms with Crippen molar-refractivity contribution in [3.8, 4) is 5.75 Å². The maximum Gasteiger partial charge on any atom is 0.119 e. The molecular weight excluding hydrogens is 214 g/mol. The van der Waals surface area contributed by atoms with Crippen molar-refractivity contribution in [1.82, 2.24) is 4.90 Å². The van der Waals surface area contributed by atoms with Gasteiger partial charge in [-0.15, -0.1) is 0 Å². The second-order valence-corrected chi connectivity index (χ2v) is 4.00. The van der Waals surface area contributed by atoms with Crippen LogP contribution >= 0.6 is 0 Å². The zero-order valence-corrected chi connectivity index (χ0v) is 11.0. The molecule has 1 rings (SSSR count). The van der Waals surface area contributed by atoms with Crippen molar-refractivity contribution < 1.29 is 9.84 Å². The Morgan fingerprint density at radius 2 is 1.71 bits per heavy atom. The molecule has 3 nitrogen and oxygen atoms in total. The highest BCUT2D eigenvalue weighted by Crippen LogP contribution is 2.18. The van der Waals surface area contributed by atoms with Crippen LogP contribution in [0.2, 0.25) is 0 Å². The van der Waals surface area contributed by atoms with Crippen LogP contribution in [0.15, 0.2) is 24.3 Å². The summed E-state index contributed by atoms with van der Waals surface area (Å²) in [6.07, 6.45) is -0.425. The second kappa shape index (κ2) is 7.30. The van der Waals surface area contributed by atoms with Crippen LogP contribution in [0.25, 0.3) is 0 Å². The normalized spacial score (nSPS) is 12.8. The molecular formula is C14H23NO2. The van der Waals surface area contributed by atoms with E-state index in [-0.39, 0.29) is 0 Å². The molecule has 1 aromatic rings. The third kappa shape index (κ3) is 4.36. The molecule has 0 fully saturated rings. The van der Waals surface area contributed by atoms with Crippen molar-refractivity contribution >= 4 is 0 Å². The first kappa shape index (κ1) is 14.0. The average Bonchev–Trinajstić information content (AvgIpc) is 2.37. The first-order valence-corrected chi connectivity index (χ1v) is 6.34. The Morgan fingerprint density at radius 3 is 2.18 bits per heavy atom. The summed E-state index contributed by atoms with van der Waals surface area (Å²) in [6.45, 7) is 9.45. The largest absolute Gasteiger partial charge is 0.494 e. The van der Waals surface area contributed by atoms with Crippen molar-refractivity contribution in [2.24, 2.45) is 0 Å². The second-order valence-electron chi connectivity index (χ2n) is 4.00. The van der Waals surface area contributed by atoms with E-state index in [4.69, 9.17) is 4.74 Å². The zero-order valence-electron chi connectivity index (χ0n) is 11.0. The van der Waals surface area contributed by atoms with Crippen molar-refractivity contribution in [2.75, 3.05) is 26.2 Å². The maximum atomic E-state index is 10.1. The highest BCUT2D eigenvalue weighted by molar-refractivity contribution is 5.28. The number of hydrogen-bond acceptors (Lipinski definition) is 3. The molecule has 0 amide bonds. The molecule has 0 aliphatic rings. The molecule has 1 atom stereocenters. The van der Waals surface area contributed by atoms with Crippen molar-refractivity contribution in [2.45, 2.75) is 26.9 Å². The van der Waals surface area contributed by atoms with Crippen molar-refractivity contribution in [3.05, 3.63) is 29.8 Å². The van der Waals surface area contributed by atoms with Crippen LogP contribution in [0.5, 0.6) is 5.75 Å². The molecule has 17 heavy (non-hydrogen) atoms. The molecule has 0 spiro atoms. The lowest BCUT2D eigenvalue weighted by molar-refractivity contribution is 0.119. The van der Waals surface area contributed by atoms with Crippen LogP contribution in [0.4, 0.5) is 0 Å². The van der Waals surface area contributed by atoms with Gasteiger partial charge in [-0.25, -0.2) is 0 Å². The lowest BCUT2D eigenvalue weighted by Gasteiger charge is -2.22. The zero-order chi connectivity index (χ0) is 12.7. The molecule has 0 radical (unpaired) electrons. The molecule has 0 heterocycles. The highest BCUT2D eigenvalue weighted by atomic mass is 16.5. The summed E-state index contributed by atoms with van der Waals surface area (Å²) in [5, 5.41) is 10.1. The van der Waals surface area contributed by atoms with Gasteiger partial charge in [0.2, 0.25) is 0 Å². The van der Waals surface area contributed by atoms with Gasteiger partial charge in [-0.1, -0.05) is 26.0 Å². The Kier molecular flexibility index (Phi) is 6.01. The summed E-state index contributed by atoms with van der Waals surface area (Å²) in [5.74, 6) is 0.853. The Bertz CT molecular complexity index is 307. The van der Waals surface area contributed by atoms with Gasteiger partial charge in [0.25, 0.3) is 0 Å². The van der Waals surface area contributed by atoms with Crippen LogP contribution < -0.4 is 4.74 Å². The Labute approximate surface area is 104 Å². The maximum absolute atomic E-state index is 10.1. The standard InChI is InChI=1S/C14H23NO2/c1-4-15(5-2)11-14(16)12-7-9-13(10-8-12)17-6-3/h7-10,14,16H,4-6,11H2,1-3H3. The number of hydrogen-bond donors (Lipinski definition) is 1. The van der Waals surface area contributed by atoms with Crippen molar-refractivity contribution in [1.29, 1.82) is 0 Å². The summed E-state index contributed by atoms with van der Waals surface area (Å²) < 4.78 is 5.37. The van der Waals surface area contributed by atoms with E-state index in [1.54, 1.807) is 0 Å². The summed E-state index contributed by atoms with van der Waals surface area (Å²) in [5.41, 5.74) is 0.945. The molecule has 1 N–H and O–H groups in total. The van der Waals surface area contributed by atoms with Gasteiger partial charge in [0.1, 0.15) is 5.75 Å². The molecule has 1 unspecified atom stereocenters. The predicted molar refractivity (Wildman–Crippen MR) is 70.4 cm³/mol. The van der Waals surface area contributed by atoms with Crippen LogP contribution in [0.1, 0.15) is 32.4 Å². The monoisotopic (exact) mass is 237 g/mol.